The molecule has 0 bridgehead atoms. The quantitative estimate of drug-likeness (QED) is 0.655. The number of non-ortho nitro benzene ring substituents is 1. The van der Waals surface area contributed by atoms with E-state index in [1.807, 2.05) is 0 Å². The summed E-state index contributed by atoms with van der Waals surface area (Å²) in [6.07, 6.45) is 4.00. The topological polar surface area (TPSA) is 98.3 Å². The van der Waals surface area contributed by atoms with Crippen LogP contribution in [-0.4, -0.2) is 22.9 Å². The minimum atomic E-state index is -0.453. The predicted octanol–water partition coefficient (Wildman–Crippen LogP) is 2.08. The fraction of sp³-hybridized carbons (Fsp3) is 0.533. The number of benzene rings is 1. The van der Waals surface area contributed by atoms with Gasteiger partial charge < -0.3 is 11.1 Å². The first-order valence-corrected chi connectivity index (χ1v) is 7.29. The Kier molecular flexibility index (Phi) is 4.90. The molecule has 114 valence electrons. The molecule has 1 amide bonds. The molecule has 1 aliphatic rings. The number of nitro benzene ring substituents is 1. The van der Waals surface area contributed by atoms with Gasteiger partial charge in [0, 0.05) is 24.2 Å². The molecule has 3 unspecified atom stereocenters. The summed E-state index contributed by atoms with van der Waals surface area (Å²) in [7, 11) is 0. The van der Waals surface area contributed by atoms with Crippen molar-refractivity contribution in [1.82, 2.24) is 5.32 Å². The maximum absolute atomic E-state index is 12.3. The molecule has 0 radical (unpaired) electrons. The van der Waals surface area contributed by atoms with Crippen LogP contribution in [0.4, 0.5) is 5.69 Å². The molecule has 1 aromatic rings. The van der Waals surface area contributed by atoms with Gasteiger partial charge >= 0.3 is 0 Å². The lowest BCUT2D eigenvalue weighted by Gasteiger charge is -2.30. The van der Waals surface area contributed by atoms with E-state index in [0.717, 1.165) is 25.7 Å². The van der Waals surface area contributed by atoms with Gasteiger partial charge in [-0.15, -0.1) is 0 Å². The summed E-state index contributed by atoms with van der Waals surface area (Å²) in [6, 6.07) is 6.21. The highest BCUT2D eigenvalue weighted by atomic mass is 16.6. The van der Waals surface area contributed by atoms with E-state index in [0.29, 0.717) is 5.56 Å². The van der Waals surface area contributed by atoms with Crippen LogP contribution in [0.2, 0.25) is 0 Å². The fourth-order valence-electron chi connectivity index (χ4n) is 2.71. The van der Waals surface area contributed by atoms with Crippen LogP contribution in [0.25, 0.3) is 0 Å². The molecule has 0 spiro atoms. The third-order valence-electron chi connectivity index (χ3n) is 4.12. The van der Waals surface area contributed by atoms with Gasteiger partial charge in [0.2, 0.25) is 5.91 Å². The predicted molar refractivity (Wildman–Crippen MR) is 79.9 cm³/mol. The average molecular weight is 291 g/mol. The van der Waals surface area contributed by atoms with Crippen LogP contribution in [0.15, 0.2) is 24.3 Å². The van der Waals surface area contributed by atoms with Crippen molar-refractivity contribution in [3.8, 4) is 0 Å². The Morgan fingerprint density at radius 2 is 2.14 bits per heavy atom. The molecular formula is C15H21N3O3. The summed E-state index contributed by atoms with van der Waals surface area (Å²) in [6.45, 7) is 1.75. The van der Waals surface area contributed by atoms with Gasteiger partial charge in [-0.3, -0.25) is 14.9 Å². The maximum Gasteiger partial charge on any atom is 0.269 e. The maximum atomic E-state index is 12.3. The average Bonchev–Trinajstić information content (AvgIpc) is 2.49. The van der Waals surface area contributed by atoms with E-state index in [1.165, 1.54) is 12.1 Å². The zero-order valence-corrected chi connectivity index (χ0v) is 12.1. The van der Waals surface area contributed by atoms with Crippen LogP contribution in [-0.2, 0) is 4.79 Å². The third kappa shape index (κ3) is 3.78. The van der Waals surface area contributed by atoms with Gasteiger partial charge in [0.05, 0.1) is 10.8 Å². The molecule has 6 nitrogen and oxygen atoms in total. The van der Waals surface area contributed by atoms with E-state index in [9.17, 15) is 14.9 Å². The van der Waals surface area contributed by atoms with Gasteiger partial charge in [-0.1, -0.05) is 25.0 Å². The van der Waals surface area contributed by atoms with E-state index in [-0.39, 0.29) is 23.7 Å². The zero-order chi connectivity index (χ0) is 15.4. The standard InChI is InChI=1S/C15H21N3O3/c1-10(11-5-4-6-12(9-11)18(20)21)15(19)17-14-8-3-2-7-13(14)16/h4-6,9-10,13-14H,2-3,7-8,16H2,1H3,(H,17,19). The fourth-order valence-corrected chi connectivity index (χ4v) is 2.71. The zero-order valence-electron chi connectivity index (χ0n) is 12.1. The number of rotatable bonds is 4. The molecule has 21 heavy (non-hydrogen) atoms. The molecule has 0 aliphatic heterocycles. The van der Waals surface area contributed by atoms with Crippen LogP contribution in [0.3, 0.4) is 0 Å². The first kappa shape index (κ1) is 15.4. The summed E-state index contributed by atoms with van der Waals surface area (Å²) in [5, 5.41) is 13.8. The van der Waals surface area contributed by atoms with E-state index < -0.39 is 10.8 Å². The number of amides is 1. The molecule has 1 fully saturated rings. The smallest absolute Gasteiger partial charge is 0.269 e. The minimum absolute atomic E-state index is 0.00000877. The summed E-state index contributed by atoms with van der Waals surface area (Å²) in [5.74, 6) is -0.558. The van der Waals surface area contributed by atoms with Gasteiger partial charge in [0.1, 0.15) is 0 Å². The molecule has 2 rings (SSSR count). The highest BCUT2D eigenvalue weighted by Crippen LogP contribution is 2.22. The Bertz CT molecular complexity index is 533. The molecule has 3 N–H and O–H groups in total. The van der Waals surface area contributed by atoms with E-state index >= 15 is 0 Å². The van der Waals surface area contributed by atoms with Crippen LogP contribution in [0.1, 0.15) is 44.1 Å². The Morgan fingerprint density at radius 1 is 1.43 bits per heavy atom. The highest BCUT2D eigenvalue weighted by molar-refractivity contribution is 5.83. The molecule has 0 heterocycles. The monoisotopic (exact) mass is 291 g/mol. The molecule has 1 aromatic carbocycles. The SMILES string of the molecule is CC(C(=O)NC1CCCCC1N)c1cccc([N+](=O)[O-])c1. The van der Waals surface area contributed by atoms with Gasteiger partial charge in [-0.25, -0.2) is 0 Å². The van der Waals surface area contributed by atoms with Crippen molar-refractivity contribution >= 4 is 11.6 Å². The number of nitrogens with one attached hydrogen (secondary N) is 1. The lowest BCUT2D eigenvalue weighted by Crippen LogP contribution is -2.50. The van der Waals surface area contributed by atoms with Crippen molar-refractivity contribution in [2.75, 3.05) is 0 Å². The van der Waals surface area contributed by atoms with Gasteiger partial charge in [0.25, 0.3) is 5.69 Å². The van der Waals surface area contributed by atoms with Gasteiger partial charge in [0.15, 0.2) is 0 Å². The Hall–Kier alpha value is -1.95. The Morgan fingerprint density at radius 3 is 2.81 bits per heavy atom. The largest absolute Gasteiger partial charge is 0.351 e. The van der Waals surface area contributed by atoms with Crippen LogP contribution >= 0.6 is 0 Å². The molecule has 0 saturated heterocycles. The van der Waals surface area contributed by atoms with Crippen molar-refractivity contribution in [1.29, 1.82) is 0 Å². The van der Waals surface area contributed by atoms with E-state index in [1.54, 1.807) is 19.1 Å². The summed E-state index contributed by atoms with van der Waals surface area (Å²) in [5.41, 5.74) is 6.67. The Balaban J connectivity index is 2.04. The molecule has 3 atom stereocenters. The number of hydrogen-bond donors (Lipinski definition) is 2. The van der Waals surface area contributed by atoms with E-state index in [2.05, 4.69) is 5.32 Å². The first-order chi connectivity index (χ1) is 9.99. The van der Waals surface area contributed by atoms with Crippen molar-refractivity contribution in [3.05, 3.63) is 39.9 Å². The number of nitrogens with zero attached hydrogens (tertiary/aromatic N) is 1. The molecule has 6 heteroatoms. The second kappa shape index (κ2) is 6.67. The van der Waals surface area contributed by atoms with Crippen LogP contribution in [0.5, 0.6) is 0 Å². The number of nitrogens with two attached hydrogens (primary N) is 1. The molecule has 0 aromatic heterocycles. The summed E-state index contributed by atoms with van der Waals surface area (Å²) < 4.78 is 0. The molecule has 1 saturated carbocycles. The van der Waals surface area contributed by atoms with Crippen molar-refractivity contribution < 1.29 is 9.72 Å². The normalized spacial score (nSPS) is 23.3. The van der Waals surface area contributed by atoms with Gasteiger partial charge in [-0.2, -0.15) is 0 Å². The lowest BCUT2D eigenvalue weighted by molar-refractivity contribution is -0.384. The number of nitro groups is 1. The van der Waals surface area contributed by atoms with Crippen molar-refractivity contribution in [2.45, 2.75) is 50.6 Å². The third-order valence-corrected chi connectivity index (χ3v) is 4.12. The lowest BCUT2D eigenvalue weighted by atomic mass is 9.90. The number of carbonyl (C=O) groups excluding carboxylic acids is 1. The van der Waals surface area contributed by atoms with E-state index in [4.69, 9.17) is 5.73 Å². The van der Waals surface area contributed by atoms with Crippen molar-refractivity contribution in [2.24, 2.45) is 5.73 Å². The first-order valence-electron chi connectivity index (χ1n) is 7.29. The second-order valence-electron chi connectivity index (χ2n) is 5.64. The van der Waals surface area contributed by atoms with Crippen molar-refractivity contribution in [3.63, 3.8) is 0 Å². The summed E-state index contributed by atoms with van der Waals surface area (Å²) in [4.78, 5) is 22.6. The van der Waals surface area contributed by atoms with Crippen LogP contribution < -0.4 is 11.1 Å². The minimum Gasteiger partial charge on any atom is -0.351 e. The number of carbonyl (C=O) groups is 1. The summed E-state index contributed by atoms with van der Waals surface area (Å²) >= 11 is 0. The second-order valence-corrected chi connectivity index (χ2v) is 5.64. The van der Waals surface area contributed by atoms with Crippen LogP contribution in [0, 0.1) is 10.1 Å². The number of hydrogen-bond acceptors (Lipinski definition) is 4. The van der Waals surface area contributed by atoms with Gasteiger partial charge in [-0.05, 0) is 25.3 Å². The highest BCUT2D eigenvalue weighted by Gasteiger charge is 2.26. The molecule has 1 aliphatic carbocycles. The Labute approximate surface area is 123 Å². The molecular weight excluding hydrogens is 270 g/mol.